The highest BCUT2D eigenvalue weighted by atomic mass is 16.4. The van der Waals surface area contributed by atoms with Gasteiger partial charge in [-0.1, -0.05) is 18.2 Å². The number of carbonyl (C=O) groups is 1. The maximum Gasteiger partial charge on any atom is 0.213 e. The molecule has 0 atom stereocenters. The summed E-state index contributed by atoms with van der Waals surface area (Å²) in [4.78, 5) is 11.5. The number of carbonyl (C=O) groups excluding carboxylic acids is 1. The molecule has 0 spiro atoms. The van der Waals surface area contributed by atoms with Gasteiger partial charge in [-0.3, -0.25) is 0 Å². The van der Waals surface area contributed by atoms with E-state index in [2.05, 4.69) is 0 Å². The molecule has 0 amide bonds. The monoisotopic (exact) mass is 266 g/mol. The van der Waals surface area contributed by atoms with Gasteiger partial charge in [0.05, 0.1) is 16.7 Å². The predicted molar refractivity (Wildman–Crippen MR) is 74.9 cm³/mol. The van der Waals surface area contributed by atoms with Crippen molar-refractivity contribution >= 4 is 27.8 Å². The zero-order valence-electron chi connectivity index (χ0n) is 11.1. The molecule has 0 bridgehead atoms. The van der Waals surface area contributed by atoms with Crippen molar-refractivity contribution in [3.05, 3.63) is 53.6 Å². The molecule has 0 aliphatic carbocycles. The van der Waals surface area contributed by atoms with E-state index in [-0.39, 0.29) is 5.56 Å². The number of carboxylic acids is 1. The van der Waals surface area contributed by atoms with E-state index in [1.54, 1.807) is 12.1 Å². The van der Waals surface area contributed by atoms with Crippen LogP contribution in [0.3, 0.4) is 0 Å². The third-order valence-electron chi connectivity index (χ3n) is 3.67. The van der Waals surface area contributed by atoms with E-state index in [9.17, 15) is 9.90 Å². The van der Waals surface area contributed by atoms with Gasteiger partial charge in [0.2, 0.25) is 11.0 Å². The quantitative estimate of drug-likeness (QED) is 0.546. The minimum Gasteiger partial charge on any atom is -0.545 e. The third kappa shape index (κ3) is 1.73. The summed E-state index contributed by atoms with van der Waals surface area (Å²) in [5, 5.41) is 12.9. The lowest BCUT2D eigenvalue weighted by Crippen LogP contribution is -2.33. The number of aryl methyl sites for hydroxylation is 1. The molecule has 1 heterocycles. The van der Waals surface area contributed by atoms with E-state index in [1.807, 2.05) is 41.9 Å². The van der Waals surface area contributed by atoms with Crippen LogP contribution in [0.5, 0.6) is 0 Å². The van der Waals surface area contributed by atoms with E-state index in [0.717, 1.165) is 16.6 Å². The Morgan fingerprint density at radius 3 is 2.55 bits per heavy atom. The van der Waals surface area contributed by atoms with Crippen LogP contribution < -0.4 is 15.4 Å². The highest BCUT2D eigenvalue weighted by molar-refractivity contribution is 6.11. The number of pyridine rings is 1. The SMILES string of the molecule is C[n+]1c2ccccc2c(C(=O)[O-])c2ccc(CN)cc21. The smallest absolute Gasteiger partial charge is 0.213 e. The molecule has 20 heavy (non-hydrogen) atoms. The number of nitrogens with zero attached hydrogens (tertiary/aromatic N) is 1. The van der Waals surface area contributed by atoms with Crippen molar-refractivity contribution in [3.8, 4) is 0 Å². The normalized spacial score (nSPS) is 11.1. The Labute approximate surface area is 116 Å². The predicted octanol–water partition coefficient (Wildman–Crippen LogP) is 0.640. The van der Waals surface area contributed by atoms with Gasteiger partial charge in [-0.2, -0.15) is 4.57 Å². The topological polar surface area (TPSA) is 70.0 Å². The summed E-state index contributed by atoms with van der Waals surface area (Å²) < 4.78 is 1.98. The van der Waals surface area contributed by atoms with E-state index in [0.29, 0.717) is 17.3 Å². The fourth-order valence-electron chi connectivity index (χ4n) is 2.67. The van der Waals surface area contributed by atoms with Crippen molar-refractivity contribution in [3.63, 3.8) is 0 Å². The molecule has 0 saturated heterocycles. The van der Waals surface area contributed by atoms with Crippen molar-refractivity contribution in [1.29, 1.82) is 0 Å². The summed E-state index contributed by atoms with van der Waals surface area (Å²) in [7, 11) is 1.92. The number of fused-ring (bicyclic) bond motifs is 2. The van der Waals surface area contributed by atoms with Crippen molar-refractivity contribution in [2.75, 3.05) is 0 Å². The molecule has 100 valence electrons. The first kappa shape index (κ1) is 12.6. The van der Waals surface area contributed by atoms with Crippen molar-refractivity contribution < 1.29 is 14.5 Å². The number of aromatic carboxylic acids is 1. The summed E-state index contributed by atoms with van der Waals surface area (Å²) >= 11 is 0. The molecule has 0 fully saturated rings. The van der Waals surface area contributed by atoms with Crippen LogP contribution in [0.15, 0.2) is 42.5 Å². The number of hydrogen-bond donors (Lipinski definition) is 1. The summed E-state index contributed by atoms with van der Waals surface area (Å²) in [5.41, 5.74) is 8.56. The molecule has 3 aromatic rings. The Morgan fingerprint density at radius 1 is 1.15 bits per heavy atom. The molecule has 2 aromatic carbocycles. The molecule has 0 aliphatic rings. The van der Waals surface area contributed by atoms with Crippen LogP contribution in [0.4, 0.5) is 0 Å². The fraction of sp³-hybridized carbons (Fsp3) is 0.125. The van der Waals surface area contributed by atoms with Gasteiger partial charge in [0.25, 0.3) is 0 Å². The number of nitrogens with two attached hydrogens (primary N) is 1. The van der Waals surface area contributed by atoms with Crippen LogP contribution in [0.2, 0.25) is 0 Å². The van der Waals surface area contributed by atoms with Crippen LogP contribution in [-0.4, -0.2) is 5.97 Å². The number of benzene rings is 2. The zero-order valence-corrected chi connectivity index (χ0v) is 11.1. The van der Waals surface area contributed by atoms with Gasteiger partial charge in [-0.05, 0) is 17.7 Å². The first-order valence-corrected chi connectivity index (χ1v) is 6.38. The second-order valence-electron chi connectivity index (χ2n) is 4.79. The summed E-state index contributed by atoms with van der Waals surface area (Å²) in [5.74, 6) is -1.16. The van der Waals surface area contributed by atoms with E-state index in [1.165, 1.54) is 0 Å². The summed E-state index contributed by atoms with van der Waals surface area (Å²) in [6.07, 6.45) is 0. The molecule has 2 N–H and O–H groups in total. The Kier molecular flexibility index (Phi) is 2.88. The van der Waals surface area contributed by atoms with Crippen LogP contribution in [0.25, 0.3) is 21.8 Å². The molecular formula is C16H14N2O2. The first-order chi connectivity index (χ1) is 9.63. The van der Waals surface area contributed by atoms with E-state index < -0.39 is 5.97 Å². The molecule has 3 rings (SSSR count). The largest absolute Gasteiger partial charge is 0.545 e. The number of carboxylic acid groups (broad SMARTS) is 1. The van der Waals surface area contributed by atoms with Gasteiger partial charge >= 0.3 is 0 Å². The van der Waals surface area contributed by atoms with Gasteiger partial charge in [0, 0.05) is 24.2 Å². The Balaban J connectivity index is 2.58. The summed E-state index contributed by atoms with van der Waals surface area (Å²) in [6.45, 7) is 0.420. The van der Waals surface area contributed by atoms with E-state index >= 15 is 0 Å². The average Bonchev–Trinajstić information content (AvgIpc) is 2.47. The number of para-hydroxylation sites is 1. The van der Waals surface area contributed by atoms with Crippen LogP contribution >= 0.6 is 0 Å². The minimum atomic E-state index is -1.16. The molecule has 0 unspecified atom stereocenters. The lowest BCUT2D eigenvalue weighted by Gasteiger charge is -2.11. The Morgan fingerprint density at radius 2 is 1.85 bits per heavy atom. The first-order valence-electron chi connectivity index (χ1n) is 6.38. The third-order valence-corrected chi connectivity index (χ3v) is 3.67. The Hall–Kier alpha value is -2.46. The molecule has 0 saturated carbocycles. The van der Waals surface area contributed by atoms with Crippen LogP contribution in [-0.2, 0) is 13.6 Å². The van der Waals surface area contributed by atoms with Crippen molar-refractivity contribution in [2.45, 2.75) is 6.54 Å². The maximum atomic E-state index is 11.5. The molecule has 0 aliphatic heterocycles. The second kappa shape index (κ2) is 4.58. The van der Waals surface area contributed by atoms with Gasteiger partial charge in [0.15, 0.2) is 0 Å². The minimum absolute atomic E-state index is 0.234. The van der Waals surface area contributed by atoms with Crippen LogP contribution in [0, 0.1) is 0 Å². The Bertz CT molecular complexity index is 841. The lowest BCUT2D eigenvalue weighted by molar-refractivity contribution is -0.617. The molecule has 4 heteroatoms. The van der Waals surface area contributed by atoms with Crippen molar-refractivity contribution in [1.82, 2.24) is 0 Å². The lowest BCUT2D eigenvalue weighted by atomic mass is 10.0. The van der Waals surface area contributed by atoms with Crippen LogP contribution in [0.1, 0.15) is 15.9 Å². The molecule has 0 radical (unpaired) electrons. The highest BCUT2D eigenvalue weighted by Gasteiger charge is 2.18. The highest BCUT2D eigenvalue weighted by Crippen LogP contribution is 2.24. The molecular weight excluding hydrogens is 252 g/mol. The van der Waals surface area contributed by atoms with Crippen molar-refractivity contribution in [2.24, 2.45) is 12.8 Å². The average molecular weight is 266 g/mol. The fourth-order valence-corrected chi connectivity index (χ4v) is 2.67. The molecule has 4 nitrogen and oxygen atoms in total. The number of rotatable bonds is 2. The van der Waals surface area contributed by atoms with Gasteiger partial charge in [-0.25, -0.2) is 0 Å². The zero-order chi connectivity index (χ0) is 14.3. The van der Waals surface area contributed by atoms with Gasteiger partial charge in [-0.15, -0.1) is 0 Å². The summed E-state index contributed by atoms with van der Waals surface area (Å²) in [6, 6.07) is 13.0. The molecule has 1 aromatic heterocycles. The van der Waals surface area contributed by atoms with E-state index in [4.69, 9.17) is 5.73 Å². The van der Waals surface area contributed by atoms with Gasteiger partial charge in [0.1, 0.15) is 7.05 Å². The second-order valence-corrected chi connectivity index (χ2v) is 4.79. The standard InChI is InChI=1S/C16H14N2O2/c1-18-13-5-3-2-4-11(13)15(16(19)20)12-7-6-10(9-17)8-14(12)18/h2-8H,9,17H2,1H3. The number of aromatic nitrogens is 1. The number of hydrogen-bond acceptors (Lipinski definition) is 3. The maximum absolute atomic E-state index is 11.5. The van der Waals surface area contributed by atoms with Gasteiger partial charge < -0.3 is 15.6 Å².